The van der Waals surface area contributed by atoms with E-state index in [1.807, 2.05) is 143 Å². The minimum Gasteiger partial charge on any atom is -0.322 e. The second kappa shape index (κ2) is 27.7. The first-order valence-electron chi connectivity index (χ1n) is 30.6. The summed E-state index contributed by atoms with van der Waals surface area (Å²) < 4.78 is 54.3. The van der Waals surface area contributed by atoms with Crippen molar-refractivity contribution in [2.45, 2.75) is 152 Å². The number of aromatic nitrogens is 18. The number of nitrogens with one attached hydrogen (secondary N) is 3. The molecule has 24 heteroatoms. The number of aryl methyl sites for hydroxylation is 6. The molecule has 0 amide bonds. The highest BCUT2D eigenvalue weighted by Crippen LogP contribution is 2.39. The van der Waals surface area contributed by atoms with Crippen molar-refractivity contribution in [3.05, 3.63) is 193 Å². The Kier molecular flexibility index (Phi) is 20.5. The summed E-state index contributed by atoms with van der Waals surface area (Å²) in [7, 11) is 5.53. The summed E-state index contributed by atoms with van der Waals surface area (Å²) in [5.74, 6) is 1.06. The van der Waals surface area contributed by atoms with Crippen LogP contribution in [0.5, 0.6) is 0 Å². The van der Waals surface area contributed by atoms with Crippen LogP contribution in [0.2, 0.25) is 0 Å². The Labute approximate surface area is 531 Å². The molecule has 0 radical (unpaired) electrons. The first-order chi connectivity index (χ1) is 43.3. The van der Waals surface area contributed by atoms with E-state index in [-0.39, 0.29) is 49.0 Å². The standard InChI is InChI=1S/3C22H25FN6O.2CH4/c1-5-22(6-2,21-27-24-13-28(21)4)16-8-9-18(26-20(16)30)14-10-17(23)15-12-25-29(7-3)19(15)11-14;1-5-22(6-2,21-24-13-28(4)27-21)16-8-9-18(26-20(16)30)14-10-17(23)15-12-25-29(7-3)19(15)11-14;1-5-22(6-2,21-24-13-26-28(21)4)16-8-9-18(27-20(16)30)14-10-17(23)15-12-25-29(7-3)19(15)11-14;;/h2*8-13H,5-7H2,1-4H3,(H,26,30);8-13H,5-7H2,1-4H3,(H,27,30);2*1H4. The zero-order chi connectivity index (χ0) is 64.4. The fraction of sp³-hybridized carbons (Fsp3) is 0.382. The van der Waals surface area contributed by atoms with Gasteiger partial charge in [0.1, 0.15) is 48.1 Å². The molecule has 3 aromatic carbocycles. The molecule has 9 heterocycles. The maximum absolute atomic E-state index is 14.6. The normalized spacial score (nSPS) is 11.8. The van der Waals surface area contributed by atoms with Gasteiger partial charge in [0.05, 0.1) is 67.5 Å². The number of halogens is 3. The lowest BCUT2D eigenvalue weighted by Gasteiger charge is -2.30. The lowest BCUT2D eigenvalue weighted by molar-refractivity contribution is 0.423. The van der Waals surface area contributed by atoms with E-state index >= 15 is 0 Å². The van der Waals surface area contributed by atoms with Crippen LogP contribution in [0.3, 0.4) is 0 Å². The molecule has 0 saturated heterocycles. The number of nitrogens with zero attached hydrogens (tertiary/aromatic N) is 15. The zero-order valence-corrected chi connectivity index (χ0v) is 52.8. The molecule has 0 aliphatic heterocycles. The molecular weight excluding hydrogens is 1170 g/mol. The molecule has 12 aromatic rings. The zero-order valence-electron chi connectivity index (χ0n) is 52.8. The van der Waals surface area contributed by atoms with E-state index < -0.39 is 16.2 Å². The minimum atomic E-state index is -0.580. The quantitative estimate of drug-likeness (QED) is 0.0726. The Bertz CT molecular complexity index is 4540. The fourth-order valence-electron chi connectivity index (χ4n) is 12.9. The van der Waals surface area contributed by atoms with E-state index in [2.05, 4.69) is 60.6 Å². The van der Waals surface area contributed by atoms with Crippen molar-refractivity contribution in [3.8, 4) is 33.8 Å². The monoisotopic (exact) mass is 1260 g/mol. The molecule has 3 N–H and O–H groups in total. The second-order valence-electron chi connectivity index (χ2n) is 22.5. The second-order valence-corrected chi connectivity index (χ2v) is 22.5. The van der Waals surface area contributed by atoms with Gasteiger partial charge in [-0.05, 0) is 114 Å². The van der Waals surface area contributed by atoms with Gasteiger partial charge >= 0.3 is 0 Å². The van der Waals surface area contributed by atoms with Crippen molar-refractivity contribution in [2.75, 3.05) is 0 Å². The van der Waals surface area contributed by atoms with Crippen LogP contribution in [0, 0.1) is 17.5 Å². The van der Waals surface area contributed by atoms with E-state index in [1.165, 1.54) is 43.1 Å². The van der Waals surface area contributed by atoms with Crippen molar-refractivity contribution in [1.29, 1.82) is 0 Å². The smallest absolute Gasteiger partial charge is 0.252 e. The highest BCUT2D eigenvalue weighted by molar-refractivity contribution is 5.86. The summed E-state index contributed by atoms with van der Waals surface area (Å²) >= 11 is 0. The third-order valence-electron chi connectivity index (χ3n) is 18.2. The average Bonchev–Trinajstić information content (AvgIpc) is 0.856. The lowest BCUT2D eigenvalue weighted by Crippen LogP contribution is -2.36. The van der Waals surface area contributed by atoms with Crippen LogP contribution >= 0.6 is 0 Å². The molecule has 0 aliphatic rings. The summed E-state index contributed by atoms with van der Waals surface area (Å²) in [6.45, 7) is 20.0. The van der Waals surface area contributed by atoms with Crippen LogP contribution in [0.15, 0.2) is 125 Å². The van der Waals surface area contributed by atoms with Crippen molar-refractivity contribution in [2.24, 2.45) is 21.1 Å². The summed E-state index contributed by atoms with van der Waals surface area (Å²) in [6.07, 6.45) is 13.6. The number of fused-ring (bicyclic) bond motifs is 3. The van der Waals surface area contributed by atoms with Gasteiger partial charge in [0, 0.05) is 91.2 Å². The summed E-state index contributed by atoms with van der Waals surface area (Å²) in [5.41, 5.74) is 5.18. The fourth-order valence-corrected chi connectivity index (χ4v) is 12.9. The van der Waals surface area contributed by atoms with Gasteiger partial charge in [-0.25, -0.2) is 23.1 Å². The largest absolute Gasteiger partial charge is 0.322 e. The molecule has 12 rings (SSSR count). The molecule has 0 unspecified atom stereocenters. The molecule has 0 spiro atoms. The number of pyridine rings is 3. The molecule has 0 atom stereocenters. The molecule has 0 fully saturated rings. The number of benzene rings is 3. The molecule has 484 valence electrons. The van der Waals surface area contributed by atoms with Crippen molar-refractivity contribution in [3.63, 3.8) is 0 Å². The van der Waals surface area contributed by atoms with Crippen LogP contribution in [0.1, 0.15) is 150 Å². The predicted molar refractivity (Wildman–Crippen MR) is 355 cm³/mol. The number of H-pyrrole nitrogens is 3. The number of aromatic amines is 3. The van der Waals surface area contributed by atoms with Gasteiger partial charge in [0.2, 0.25) is 0 Å². The number of rotatable bonds is 18. The topological polar surface area (TPSA) is 244 Å². The van der Waals surface area contributed by atoms with Crippen LogP contribution < -0.4 is 16.7 Å². The summed E-state index contributed by atoms with van der Waals surface area (Å²) in [5, 5.41) is 31.0. The van der Waals surface area contributed by atoms with E-state index in [0.29, 0.717) is 147 Å². The van der Waals surface area contributed by atoms with E-state index in [4.69, 9.17) is 0 Å². The highest BCUT2D eigenvalue weighted by atomic mass is 19.1. The van der Waals surface area contributed by atoms with E-state index in [1.54, 1.807) is 36.1 Å². The van der Waals surface area contributed by atoms with Crippen molar-refractivity contribution < 1.29 is 13.2 Å². The molecule has 21 nitrogen and oxygen atoms in total. The van der Waals surface area contributed by atoms with Crippen LogP contribution in [-0.4, -0.2) is 88.6 Å². The minimum absolute atomic E-state index is 0. The number of hydrogen-bond donors (Lipinski definition) is 3. The lowest BCUT2D eigenvalue weighted by atomic mass is 9.75. The third-order valence-corrected chi connectivity index (χ3v) is 18.2. The Morgan fingerprint density at radius 2 is 0.826 bits per heavy atom. The Morgan fingerprint density at radius 3 is 1.12 bits per heavy atom. The molecular formula is C68H83F3N18O3. The molecule has 0 bridgehead atoms. The average molecular weight is 1260 g/mol. The molecule has 0 saturated carbocycles. The van der Waals surface area contributed by atoms with Gasteiger partial charge in [-0.3, -0.25) is 37.8 Å². The first kappa shape index (κ1) is 68.0. The van der Waals surface area contributed by atoms with Gasteiger partial charge in [-0.2, -0.15) is 25.5 Å². The Hall–Kier alpha value is -9.87. The van der Waals surface area contributed by atoms with Crippen molar-refractivity contribution in [1.82, 2.24) is 88.6 Å². The van der Waals surface area contributed by atoms with Gasteiger partial charge in [0.25, 0.3) is 16.7 Å². The SMILES string of the molecule is C.C.CCn1ncc2c(F)cc(-c3ccc(C(CC)(CC)c4ncn(C)n4)c(=O)[nH]3)cc21.CCn1ncc2c(F)cc(-c3ccc(C(CC)(CC)c4ncnn4C)c(=O)[nH]3)cc21.CCn1ncc2c(F)cc(-c3ccc(C(CC)(CC)c4nncn4C)c(=O)[nH]3)cc21. The van der Waals surface area contributed by atoms with E-state index in [0.717, 1.165) is 11.6 Å². The van der Waals surface area contributed by atoms with Gasteiger partial charge < -0.3 is 19.5 Å². The number of hydrogen-bond acceptors (Lipinski definition) is 12. The predicted octanol–water partition coefficient (Wildman–Crippen LogP) is 12.6. The molecule has 9 aromatic heterocycles. The van der Waals surface area contributed by atoms with Crippen LogP contribution in [-0.2, 0) is 57.0 Å². The molecule has 92 heavy (non-hydrogen) atoms. The van der Waals surface area contributed by atoms with Gasteiger partial charge in [0.15, 0.2) is 5.82 Å². The maximum atomic E-state index is 14.6. The maximum Gasteiger partial charge on any atom is 0.252 e. The van der Waals surface area contributed by atoms with Gasteiger partial charge in [-0.15, -0.1) is 10.2 Å². The van der Waals surface area contributed by atoms with E-state index in [9.17, 15) is 27.6 Å². The summed E-state index contributed by atoms with van der Waals surface area (Å²) in [6, 6.07) is 20.8. The van der Waals surface area contributed by atoms with Crippen LogP contribution in [0.4, 0.5) is 13.2 Å². The Morgan fingerprint density at radius 1 is 0.457 bits per heavy atom. The first-order valence-corrected chi connectivity index (χ1v) is 30.6. The van der Waals surface area contributed by atoms with Crippen LogP contribution in [0.25, 0.3) is 66.5 Å². The highest BCUT2D eigenvalue weighted by Gasteiger charge is 2.40. The summed E-state index contributed by atoms with van der Waals surface area (Å²) in [4.78, 5) is 57.2. The Balaban J connectivity index is 0.000000176. The van der Waals surface area contributed by atoms with Crippen molar-refractivity contribution >= 4 is 32.7 Å². The third kappa shape index (κ3) is 11.9. The molecule has 0 aliphatic carbocycles. The van der Waals surface area contributed by atoms with Gasteiger partial charge in [-0.1, -0.05) is 74.6 Å².